The number of amides is 1. The summed E-state index contributed by atoms with van der Waals surface area (Å²) in [5.74, 6) is 0.179. The fraction of sp³-hybridized carbons (Fsp3) is 0.533. The van der Waals surface area contributed by atoms with Crippen molar-refractivity contribution >= 4 is 11.6 Å². The molecule has 1 fully saturated rings. The highest BCUT2D eigenvalue weighted by Gasteiger charge is 2.29. The summed E-state index contributed by atoms with van der Waals surface area (Å²) in [6.45, 7) is 3.65. The van der Waals surface area contributed by atoms with Gasteiger partial charge >= 0.3 is 0 Å². The van der Waals surface area contributed by atoms with Gasteiger partial charge in [-0.3, -0.25) is 4.79 Å². The van der Waals surface area contributed by atoms with Gasteiger partial charge in [-0.1, -0.05) is 18.2 Å². The maximum absolute atomic E-state index is 12.3. The highest BCUT2D eigenvalue weighted by molar-refractivity contribution is 5.93. The third-order valence-electron chi connectivity index (χ3n) is 3.71. The summed E-state index contributed by atoms with van der Waals surface area (Å²) in [7, 11) is 1.69. The highest BCUT2D eigenvalue weighted by Crippen LogP contribution is 2.20. The Morgan fingerprint density at radius 1 is 1.47 bits per heavy atom. The normalized spacial score (nSPS) is 22.4. The van der Waals surface area contributed by atoms with Gasteiger partial charge in [-0.15, -0.1) is 0 Å². The second kappa shape index (κ2) is 6.68. The molecule has 104 valence electrons. The Labute approximate surface area is 114 Å². The summed E-state index contributed by atoms with van der Waals surface area (Å²) in [4.78, 5) is 12.3. The van der Waals surface area contributed by atoms with Crippen molar-refractivity contribution in [2.24, 2.45) is 5.92 Å². The molecule has 2 N–H and O–H groups in total. The van der Waals surface area contributed by atoms with Crippen LogP contribution in [0.3, 0.4) is 0 Å². The van der Waals surface area contributed by atoms with Crippen LogP contribution in [0.15, 0.2) is 24.3 Å². The van der Waals surface area contributed by atoms with Gasteiger partial charge in [0.1, 0.15) is 0 Å². The Hall–Kier alpha value is -1.39. The van der Waals surface area contributed by atoms with Crippen LogP contribution in [0.2, 0.25) is 0 Å². The van der Waals surface area contributed by atoms with E-state index in [2.05, 4.69) is 17.6 Å². The first kappa shape index (κ1) is 14.0. The highest BCUT2D eigenvalue weighted by atomic mass is 16.5. The number of hydrogen-bond donors (Lipinski definition) is 2. The molecule has 1 aliphatic heterocycles. The van der Waals surface area contributed by atoms with Gasteiger partial charge < -0.3 is 15.4 Å². The lowest BCUT2D eigenvalue weighted by molar-refractivity contribution is -0.120. The lowest BCUT2D eigenvalue weighted by atomic mass is 10.0. The Kier molecular flexibility index (Phi) is 4.93. The van der Waals surface area contributed by atoms with Crippen LogP contribution < -0.4 is 10.6 Å². The minimum atomic E-state index is 0.0653. The molecule has 1 aromatic carbocycles. The van der Waals surface area contributed by atoms with Gasteiger partial charge in [-0.2, -0.15) is 0 Å². The zero-order valence-corrected chi connectivity index (χ0v) is 11.6. The molecule has 2 unspecified atom stereocenters. The molecule has 1 aromatic rings. The number of methoxy groups -OCH3 is 1. The summed E-state index contributed by atoms with van der Waals surface area (Å²) in [5.41, 5.74) is 2.03. The van der Waals surface area contributed by atoms with Gasteiger partial charge in [0, 0.05) is 18.8 Å². The van der Waals surface area contributed by atoms with Crippen LogP contribution in [0.5, 0.6) is 0 Å². The van der Waals surface area contributed by atoms with Crippen molar-refractivity contribution in [1.82, 2.24) is 5.32 Å². The Morgan fingerprint density at radius 3 is 2.95 bits per heavy atom. The number of hydrogen-bond acceptors (Lipinski definition) is 3. The number of carbonyl (C=O) groups excluding carboxylic acids is 1. The minimum Gasteiger partial charge on any atom is -0.384 e. The predicted molar refractivity (Wildman–Crippen MR) is 76.2 cm³/mol. The molecule has 0 aliphatic carbocycles. The van der Waals surface area contributed by atoms with E-state index in [0.29, 0.717) is 6.61 Å². The lowest BCUT2D eigenvalue weighted by Crippen LogP contribution is -2.32. The van der Waals surface area contributed by atoms with Gasteiger partial charge in [0.15, 0.2) is 0 Å². The van der Waals surface area contributed by atoms with Crippen molar-refractivity contribution in [3.8, 4) is 0 Å². The molecule has 0 spiro atoms. The molecule has 2 atom stereocenters. The molecule has 1 amide bonds. The summed E-state index contributed by atoms with van der Waals surface area (Å²) in [6, 6.07) is 8.18. The maximum Gasteiger partial charge on any atom is 0.229 e. The third kappa shape index (κ3) is 3.55. The van der Waals surface area contributed by atoms with E-state index < -0.39 is 0 Å². The maximum atomic E-state index is 12.3. The van der Waals surface area contributed by atoms with Crippen molar-refractivity contribution in [2.45, 2.75) is 25.8 Å². The smallest absolute Gasteiger partial charge is 0.229 e. The molecule has 4 nitrogen and oxygen atoms in total. The van der Waals surface area contributed by atoms with Crippen LogP contribution in [0, 0.1) is 5.92 Å². The van der Waals surface area contributed by atoms with Crippen LogP contribution in [0.1, 0.15) is 18.9 Å². The first-order valence-corrected chi connectivity index (χ1v) is 6.83. The molecule has 1 aliphatic rings. The fourth-order valence-corrected chi connectivity index (χ4v) is 2.51. The Bertz CT molecular complexity index is 434. The van der Waals surface area contributed by atoms with E-state index in [0.717, 1.165) is 30.6 Å². The zero-order valence-electron chi connectivity index (χ0n) is 11.6. The largest absolute Gasteiger partial charge is 0.384 e. The Morgan fingerprint density at radius 2 is 2.26 bits per heavy atom. The number of carbonyl (C=O) groups is 1. The molecule has 0 aromatic heterocycles. The van der Waals surface area contributed by atoms with Crippen LogP contribution in [-0.2, 0) is 16.0 Å². The monoisotopic (exact) mass is 262 g/mol. The molecule has 1 heterocycles. The van der Waals surface area contributed by atoms with Gasteiger partial charge in [0.2, 0.25) is 5.91 Å². The van der Waals surface area contributed by atoms with E-state index in [-0.39, 0.29) is 17.9 Å². The van der Waals surface area contributed by atoms with Gasteiger partial charge in [-0.05, 0) is 37.9 Å². The van der Waals surface area contributed by atoms with Gasteiger partial charge in [0.25, 0.3) is 0 Å². The molecule has 0 bridgehead atoms. The average molecular weight is 262 g/mol. The van der Waals surface area contributed by atoms with Gasteiger partial charge in [0.05, 0.1) is 12.5 Å². The first-order valence-electron chi connectivity index (χ1n) is 6.83. The van der Waals surface area contributed by atoms with Crippen molar-refractivity contribution in [3.63, 3.8) is 0 Å². The van der Waals surface area contributed by atoms with Crippen LogP contribution in [0.4, 0.5) is 5.69 Å². The molecule has 0 radical (unpaired) electrons. The molecular weight excluding hydrogens is 240 g/mol. The number of ether oxygens (including phenoxy) is 1. The summed E-state index contributed by atoms with van der Waals surface area (Å²) in [6.07, 6.45) is 1.72. The topological polar surface area (TPSA) is 50.4 Å². The van der Waals surface area contributed by atoms with Crippen LogP contribution in [-0.4, -0.2) is 32.2 Å². The average Bonchev–Trinajstić information content (AvgIpc) is 2.84. The number of para-hydroxylation sites is 1. The zero-order chi connectivity index (χ0) is 13.7. The summed E-state index contributed by atoms with van der Waals surface area (Å²) < 4.78 is 5.10. The van der Waals surface area contributed by atoms with Crippen molar-refractivity contribution < 1.29 is 9.53 Å². The molecule has 4 heteroatoms. The van der Waals surface area contributed by atoms with Crippen molar-refractivity contribution in [2.75, 3.05) is 25.6 Å². The minimum absolute atomic E-state index is 0.0653. The number of benzene rings is 1. The number of nitrogens with one attached hydrogen (secondary N) is 2. The molecule has 2 rings (SSSR count). The van der Waals surface area contributed by atoms with Crippen LogP contribution in [0.25, 0.3) is 0 Å². The second-order valence-corrected chi connectivity index (χ2v) is 5.03. The van der Waals surface area contributed by atoms with E-state index in [9.17, 15) is 4.79 Å². The van der Waals surface area contributed by atoms with Crippen LogP contribution >= 0.6 is 0 Å². The summed E-state index contributed by atoms with van der Waals surface area (Å²) in [5, 5.41) is 6.36. The standard InChI is InChI=1S/C15H22N2O2/c1-11-13(7-9-16-11)15(18)17-14-6-4-3-5-12(14)8-10-19-2/h3-6,11,13,16H,7-10H2,1-2H3,(H,17,18). The fourth-order valence-electron chi connectivity index (χ4n) is 2.51. The van der Waals surface area contributed by atoms with E-state index in [1.54, 1.807) is 7.11 Å². The lowest BCUT2D eigenvalue weighted by Gasteiger charge is -2.17. The summed E-state index contributed by atoms with van der Waals surface area (Å²) >= 11 is 0. The number of anilines is 1. The second-order valence-electron chi connectivity index (χ2n) is 5.03. The SMILES string of the molecule is COCCc1ccccc1NC(=O)C1CCNC1C. The Balaban J connectivity index is 2.03. The molecule has 0 saturated carbocycles. The quantitative estimate of drug-likeness (QED) is 0.851. The first-order chi connectivity index (χ1) is 9.22. The number of rotatable bonds is 5. The molecule has 1 saturated heterocycles. The predicted octanol–water partition coefficient (Wildman–Crippen LogP) is 1.81. The van der Waals surface area contributed by atoms with Crippen molar-refractivity contribution in [3.05, 3.63) is 29.8 Å². The van der Waals surface area contributed by atoms with E-state index in [1.807, 2.05) is 24.3 Å². The van der Waals surface area contributed by atoms with Crippen molar-refractivity contribution in [1.29, 1.82) is 0 Å². The third-order valence-corrected chi connectivity index (χ3v) is 3.71. The molecular formula is C15H22N2O2. The van der Waals surface area contributed by atoms with Gasteiger partial charge in [-0.25, -0.2) is 0 Å². The van der Waals surface area contributed by atoms with E-state index in [4.69, 9.17) is 4.74 Å². The van der Waals surface area contributed by atoms with E-state index in [1.165, 1.54) is 0 Å². The van der Waals surface area contributed by atoms with E-state index >= 15 is 0 Å². The molecule has 19 heavy (non-hydrogen) atoms.